The summed E-state index contributed by atoms with van der Waals surface area (Å²) in [5.74, 6) is 0. The lowest BCUT2D eigenvalue weighted by Crippen LogP contribution is -2.47. The van der Waals surface area contributed by atoms with Gasteiger partial charge in [0.25, 0.3) is 0 Å². The number of para-hydroxylation sites is 1. The van der Waals surface area contributed by atoms with E-state index in [4.69, 9.17) is 0 Å². The Morgan fingerprint density at radius 3 is 2.60 bits per heavy atom. The fourth-order valence-corrected chi connectivity index (χ4v) is 3.71. The van der Waals surface area contributed by atoms with E-state index in [0.717, 1.165) is 44.7 Å². The van der Waals surface area contributed by atoms with Crippen molar-refractivity contribution >= 4 is 16.6 Å². The third-order valence-corrected chi connectivity index (χ3v) is 5.18. The average molecular weight is 331 g/mol. The molecule has 0 spiro atoms. The zero-order chi connectivity index (χ0) is 17.1. The van der Waals surface area contributed by atoms with Crippen molar-refractivity contribution in [2.24, 2.45) is 0 Å². The van der Waals surface area contributed by atoms with Crippen LogP contribution >= 0.6 is 0 Å². The van der Waals surface area contributed by atoms with Gasteiger partial charge in [0, 0.05) is 50.0 Å². The highest BCUT2D eigenvalue weighted by atomic mass is 15.3. The zero-order valence-electron chi connectivity index (χ0n) is 14.9. The minimum Gasteiger partial charge on any atom is -0.369 e. The smallest absolute Gasteiger partial charge is 0.0704 e. The maximum absolute atomic E-state index is 4.47. The molecule has 0 atom stereocenters. The Morgan fingerprint density at radius 2 is 1.76 bits per heavy atom. The van der Waals surface area contributed by atoms with Crippen LogP contribution in [0.4, 0.5) is 5.69 Å². The first-order valence-corrected chi connectivity index (χ1v) is 9.16. The van der Waals surface area contributed by atoms with E-state index in [1.807, 2.05) is 6.20 Å². The number of fused-ring (bicyclic) bond motifs is 1. The van der Waals surface area contributed by atoms with Gasteiger partial charge in [-0.05, 0) is 48.7 Å². The van der Waals surface area contributed by atoms with E-state index in [9.17, 15) is 0 Å². The lowest BCUT2D eigenvalue weighted by Gasteiger charge is -2.36. The van der Waals surface area contributed by atoms with Crippen molar-refractivity contribution in [3.8, 4) is 0 Å². The van der Waals surface area contributed by atoms with E-state index >= 15 is 0 Å². The molecule has 2 heterocycles. The van der Waals surface area contributed by atoms with Crippen molar-refractivity contribution in [1.29, 1.82) is 0 Å². The Hall–Kier alpha value is -2.39. The molecule has 0 saturated carbocycles. The highest BCUT2D eigenvalue weighted by Crippen LogP contribution is 2.19. The molecule has 0 N–H and O–H groups in total. The molecule has 1 aliphatic rings. The number of hydrogen-bond donors (Lipinski definition) is 0. The van der Waals surface area contributed by atoms with Gasteiger partial charge in [-0.1, -0.05) is 30.3 Å². The first-order valence-electron chi connectivity index (χ1n) is 9.16. The fourth-order valence-electron chi connectivity index (χ4n) is 3.71. The third-order valence-electron chi connectivity index (χ3n) is 5.18. The second-order valence-corrected chi connectivity index (χ2v) is 6.90. The number of rotatable bonds is 4. The molecular formula is C22H25N3. The van der Waals surface area contributed by atoms with Crippen LogP contribution in [0.25, 0.3) is 10.9 Å². The maximum atomic E-state index is 4.47. The van der Waals surface area contributed by atoms with Crippen LogP contribution in [0.2, 0.25) is 0 Å². The maximum Gasteiger partial charge on any atom is 0.0704 e. The minimum atomic E-state index is 1.09. The van der Waals surface area contributed by atoms with Gasteiger partial charge >= 0.3 is 0 Å². The van der Waals surface area contributed by atoms with Gasteiger partial charge in [0.1, 0.15) is 0 Å². The van der Waals surface area contributed by atoms with Crippen LogP contribution < -0.4 is 4.90 Å². The highest BCUT2D eigenvalue weighted by molar-refractivity contribution is 5.81. The number of anilines is 1. The van der Waals surface area contributed by atoms with E-state index in [1.54, 1.807) is 0 Å². The number of benzene rings is 2. The van der Waals surface area contributed by atoms with Crippen molar-refractivity contribution < 1.29 is 0 Å². The predicted molar refractivity (Wildman–Crippen MR) is 105 cm³/mol. The summed E-state index contributed by atoms with van der Waals surface area (Å²) in [5, 5.41) is 1.29. The first kappa shape index (κ1) is 16.1. The second kappa shape index (κ2) is 7.24. The largest absolute Gasteiger partial charge is 0.369 e. The number of hydrogen-bond acceptors (Lipinski definition) is 3. The molecule has 0 aliphatic carbocycles. The summed E-state index contributed by atoms with van der Waals surface area (Å²) in [6.45, 7) is 7.78. The van der Waals surface area contributed by atoms with Gasteiger partial charge in [0.2, 0.25) is 0 Å². The molecule has 3 aromatic rings. The van der Waals surface area contributed by atoms with Gasteiger partial charge in [0.05, 0.1) is 5.52 Å². The molecule has 0 radical (unpaired) electrons. The van der Waals surface area contributed by atoms with Gasteiger partial charge in [0.15, 0.2) is 0 Å². The molecule has 25 heavy (non-hydrogen) atoms. The average Bonchev–Trinajstić information content (AvgIpc) is 2.67. The van der Waals surface area contributed by atoms with Crippen molar-refractivity contribution in [3.63, 3.8) is 0 Å². The van der Waals surface area contributed by atoms with E-state index in [-0.39, 0.29) is 0 Å². The standard InChI is InChI=1S/C22H25N3/c1-18-5-4-6-20(17-18)25-15-13-24(14-16-25)12-10-19-9-11-23-22-8-3-2-7-21(19)22/h2-9,11,17H,10,12-16H2,1H3. The van der Waals surface area contributed by atoms with Crippen LogP contribution in [-0.2, 0) is 6.42 Å². The van der Waals surface area contributed by atoms with Gasteiger partial charge in [-0.2, -0.15) is 0 Å². The predicted octanol–water partition coefficient (Wildman–Crippen LogP) is 3.91. The zero-order valence-corrected chi connectivity index (χ0v) is 14.9. The molecule has 128 valence electrons. The molecule has 3 nitrogen and oxygen atoms in total. The topological polar surface area (TPSA) is 19.4 Å². The summed E-state index contributed by atoms with van der Waals surface area (Å²) < 4.78 is 0. The number of nitrogens with zero attached hydrogens (tertiary/aromatic N) is 3. The van der Waals surface area contributed by atoms with E-state index in [2.05, 4.69) is 76.3 Å². The van der Waals surface area contributed by atoms with Gasteiger partial charge < -0.3 is 4.90 Å². The molecule has 0 unspecified atom stereocenters. The molecule has 4 rings (SSSR count). The quantitative estimate of drug-likeness (QED) is 0.722. The van der Waals surface area contributed by atoms with Crippen LogP contribution in [0, 0.1) is 6.92 Å². The number of aromatic nitrogens is 1. The number of piperazine rings is 1. The molecule has 1 aliphatic heterocycles. The van der Waals surface area contributed by atoms with E-state index < -0.39 is 0 Å². The molecule has 3 heteroatoms. The summed E-state index contributed by atoms with van der Waals surface area (Å²) >= 11 is 0. The fraction of sp³-hybridized carbons (Fsp3) is 0.318. The summed E-state index contributed by atoms with van der Waals surface area (Å²) in [4.78, 5) is 9.56. The lowest BCUT2D eigenvalue weighted by molar-refractivity contribution is 0.261. The molecule has 1 aromatic heterocycles. The van der Waals surface area contributed by atoms with Crippen LogP contribution in [0.1, 0.15) is 11.1 Å². The van der Waals surface area contributed by atoms with Crippen LogP contribution in [-0.4, -0.2) is 42.6 Å². The Labute approximate surface area is 149 Å². The van der Waals surface area contributed by atoms with Crippen molar-refractivity contribution in [2.75, 3.05) is 37.6 Å². The van der Waals surface area contributed by atoms with Gasteiger partial charge in [-0.3, -0.25) is 9.88 Å². The van der Waals surface area contributed by atoms with Crippen molar-refractivity contribution in [1.82, 2.24) is 9.88 Å². The number of pyridine rings is 1. The Kier molecular flexibility index (Phi) is 4.66. The Bertz CT molecular complexity index is 845. The van der Waals surface area contributed by atoms with Crippen LogP contribution in [0.5, 0.6) is 0 Å². The molecule has 2 aromatic carbocycles. The minimum absolute atomic E-state index is 1.09. The van der Waals surface area contributed by atoms with Crippen LogP contribution in [0.3, 0.4) is 0 Å². The molecule has 1 fully saturated rings. The van der Waals surface area contributed by atoms with Gasteiger partial charge in [-0.25, -0.2) is 0 Å². The molecule has 1 saturated heterocycles. The van der Waals surface area contributed by atoms with E-state index in [1.165, 1.54) is 22.2 Å². The summed E-state index contributed by atoms with van der Waals surface area (Å²) in [6.07, 6.45) is 3.03. The summed E-state index contributed by atoms with van der Waals surface area (Å²) in [5.41, 5.74) is 5.21. The number of aryl methyl sites for hydroxylation is 1. The van der Waals surface area contributed by atoms with Crippen molar-refractivity contribution in [2.45, 2.75) is 13.3 Å². The molecule has 0 bridgehead atoms. The Morgan fingerprint density at radius 1 is 0.920 bits per heavy atom. The first-order chi connectivity index (χ1) is 12.3. The third kappa shape index (κ3) is 3.67. The normalized spacial score (nSPS) is 15.6. The highest BCUT2D eigenvalue weighted by Gasteiger charge is 2.17. The van der Waals surface area contributed by atoms with Crippen LogP contribution in [0.15, 0.2) is 60.8 Å². The summed E-state index contributed by atoms with van der Waals surface area (Å²) in [6, 6.07) is 19.5. The van der Waals surface area contributed by atoms with Gasteiger partial charge in [-0.15, -0.1) is 0 Å². The SMILES string of the molecule is Cc1cccc(N2CCN(CCc3ccnc4ccccc34)CC2)c1. The lowest BCUT2D eigenvalue weighted by atomic mass is 10.1. The van der Waals surface area contributed by atoms with Crippen molar-refractivity contribution in [3.05, 3.63) is 71.9 Å². The molecular weight excluding hydrogens is 306 g/mol. The molecule has 0 amide bonds. The summed E-state index contributed by atoms with van der Waals surface area (Å²) in [7, 11) is 0. The monoisotopic (exact) mass is 331 g/mol. The van der Waals surface area contributed by atoms with E-state index in [0.29, 0.717) is 0 Å². The second-order valence-electron chi connectivity index (χ2n) is 6.90. The Balaban J connectivity index is 1.36.